The van der Waals surface area contributed by atoms with Gasteiger partial charge in [-0.05, 0) is 62.9 Å². The third kappa shape index (κ3) is 4.39. The predicted octanol–water partition coefficient (Wildman–Crippen LogP) is 3.65. The number of sulfonamides is 1. The fraction of sp³-hybridized carbons (Fsp3) is 0.381. The number of benzene rings is 2. The number of nitrogens with zero attached hydrogens (tertiary/aromatic N) is 1. The van der Waals surface area contributed by atoms with Crippen molar-refractivity contribution in [2.24, 2.45) is 5.92 Å². The van der Waals surface area contributed by atoms with Gasteiger partial charge >= 0.3 is 0 Å². The van der Waals surface area contributed by atoms with Gasteiger partial charge in [0, 0.05) is 18.8 Å². The van der Waals surface area contributed by atoms with Crippen LogP contribution in [-0.2, 0) is 14.8 Å². The van der Waals surface area contributed by atoms with Gasteiger partial charge in [0.2, 0.25) is 15.9 Å². The number of hydrogen-bond donors (Lipinski definition) is 1. The first-order valence-corrected chi connectivity index (χ1v) is 10.7. The number of nitrogens with one attached hydrogen (secondary N) is 1. The van der Waals surface area contributed by atoms with E-state index in [1.54, 1.807) is 24.3 Å². The monoisotopic (exact) mass is 386 g/mol. The van der Waals surface area contributed by atoms with Crippen molar-refractivity contribution in [3.05, 3.63) is 59.2 Å². The standard InChI is InChI=1S/C21H26N2O3S/c1-15-7-10-19(11-8-15)27(25,26)23-12-4-5-18(14-23)21(24)22-20-13-16(2)6-9-17(20)3/h6-11,13,18H,4-5,12,14H2,1-3H3,(H,22,24). The normalized spacial score (nSPS) is 18.3. The molecule has 5 nitrogen and oxygen atoms in total. The summed E-state index contributed by atoms with van der Waals surface area (Å²) in [5.41, 5.74) is 3.87. The van der Waals surface area contributed by atoms with Crippen LogP contribution in [0.1, 0.15) is 29.5 Å². The summed E-state index contributed by atoms with van der Waals surface area (Å²) < 4.78 is 27.3. The second-order valence-corrected chi connectivity index (χ2v) is 9.26. The molecule has 0 saturated carbocycles. The smallest absolute Gasteiger partial charge is 0.243 e. The molecule has 1 unspecified atom stereocenters. The van der Waals surface area contributed by atoms with E-state index in [0.29, 0.717) is 19.4 Å². The van der Waals surface area contributed by atoms with Gasteiger partial charge in [-0.2, -0.15) is 4.31 Å². The van der Waals surface area contributed by atoms with E-state index in [9.17, 15) is 13.2 Å². The molecular weight excluding hydrogens is 360 g/mol. The first kappa shape index (κ1) is 19.6. The summed E-state index contributed by atoms with van der Waals surface area (Å²) in [5.74, 6) is -0.466. The Labute approximate surface area is 161 Å². The summed E-state index contributed by atoms with van der Waals surface area (Å²) in [6.07, 6.45) is 1.37. The van der Waals surface area contributed by atoms with Gasteiger partial charge in [0.15, 0.2) is 0 Å². The van der Waals surface area contributed by atoms with E-state index in [-0.39, 0.29) is 23.3 Å². The zero-order chi connectivity index (χ0) is 19.6. The van der Waals surface area contributed by atoms with Crippen LogP contribution >= 0.6 is 0 Å². The van der Waals surface area contributed by atoms with E-state index in [2.05, 4.69) is 5.32 Å². The van der Waals surface area contributed by atoms with E-state index in [1.807, 2.05) is 39.0 Å². The van der Waals surface area contributed by atoms with E-state index in [4.69, 9.17) is 0 Å². The largest absolute Gasteiger partial charge is 0.326 e. The molecule has 0 bridgehead atoms. The van der Waals surface area contributed by atoms with E-state index < -0.39 is 10.0 Å². The minimum atomic E-state index is -3.58. The van der Waals surface area contributed by atoms with Crippen LogP contribution in [0.4, 0.5) is 5.69 Å². The van der Waals surface area contributed by atoms with Crippen LogP contribution in [-0.4, -0.2) is 31.7 Å². The first-order valence-electron chi connectivity index (χ1n) is 9.22. The second kappa shape index (κ2) is 7.82. The topological polar surface area (TPSA) is 66.5 Å². The number of carbonyl (C=O) groups is 1. The second-order valence-electron chi connectivity index (χ2n) is 7.32. The Morgan fingerprint density at radius 1 is 1.04 bits per heavy atom. The molecule has 2 aromatic rings. The molecule has 1 atom stereocenters. The van der Waals surface area contributed by atoms with Gasteiger partial charge in [-0.3, -0.25) is 4.79 Å². The molecule has 1 saturated heterocycles. The van der Waals surface area contributed by atoms with Crippen molar-refractivity contribution in [3.63, 3.8) is 0 Å². The van der Waals surface area contributed by atoms with Crippen LogP contribution in [0.25, 0.3) is 0 Å². The molecule has 0 aromatic heterocycles. The highest BCUT2D eigenvalue weighted by Gasteiger charge is 2.33. The number of hydrogen-bond acceptors (Lipinski definition) is 3. The van der Waals surface area contributed by atoms with Gasteiger partial charge in [-0.15, -0.1) is 0 Å². The number of amides is 1. The van der Waals surface area contributed by atoms with Gasteiger partial charge in [0.25, 0.3) is 0 Å². The molecule has 1 fully saturated rings. The summed E-state index contributed by atoms with van der Waals surface area (Å²) >= 11 is 0. The third-order valence-electron chi connectivity index (χ3n) is 5.06. The lowest BCUT2D eigenvalue weighted by atomic mass is 9.98. The van der Waals surface area contributed by atoms with Gasteiger partial charge in [0.05, 0.1) is 10.8 Å². The van der Waals surface area contributed by atoms with Crippen LogP contribution in [0.15, 0.2) is 47.4 Å². The van der Waals surface area contributed by atoms with Crippen molar-refractivity contribution in [2.45, 2.75) is 38.5 Å². The highest BCUT2D eigenvalue weighted by atomic mass is 32.2. The Hall–Kier alpha value is -2.18. The number of anilines is 1. The van der Waals surface area contributed by atoms with Crippen LogP contribution in [0.3, 0.4) is 0 Å². The van der Waals surface area contributed by atoms with Crippen molar-refractivity contribution < 1.29 is 13.2 Å². The fourth-order valence-electron chi connectivity index (χ4n) is 3.34. The van der Waals surface area contributed by atoms with Crippen molar-refractivity contribution >= 4 is 21.6 Å². The molecular formula is C21H26N2O3S. The lowest BCUT2D eigenvalue weighted by Crippen LogP contribution is -2.43. The molecule has 0 spiro atoms. The quantitative estimate of drug-likeness (QED) is 0.872. The Balaban J connectivity index is 1.74. The molecule has 1 N–H and O–H groups in total. The van der Waals surface area contributed by atoms with Crippen LogP contribution in [0, 0.1) is 26.7 Å². The van der Waals surface area contributed by atoms with E-state index in [1.165, 1.54) is 4.31 Å². The summed E-state index contributed by atoms with van der Waals surface area (Å²) in [4.78, 5) is 13.0. The summed E-state index contributed by atoms with van der Waals surface area (Å²) in [6.45, 7) is 6.51. The van der Waals surface area contributed by atoms with Crippen LogP contribution in [0.5, 0.6) is 0 Å². The number of rotatable bonds is 4. The summed E-state index contributed by atoms with van der Waals surface area (Å²) in [7, 11) is -3.58. The fourth-order valence-corrected chi connectivity index (χ4v) is 4.86. The summed E-state index contributed by atoms with van der Waals surface area (Å²) in [5, 5.41) is 2.98. The lowest BCUT2D eigenvalue weighted by molar-refractivity contribution is -0.120. The van der Waals surface area contributed by atoms with Gasteiger partial charge in [0.1, 0.15) is 0 Å². The molecule has 0 aliphatic carbocycles. The number of carbonyl (C=O) groups excluding carboxylic acids is 1. The maximum atomic E-state index is 12.9. The molecule has 1 heterocycles. The Morgan fingerprint density at radius 3 is 2.41 bits per heavy atom. The van der Waals surface area contributed by atoms with Gasteiger partial charge < -0.3 is 5.32 Å². The average Bonchev–Trinajstić information content (AvgIpc) is 2.65. The Kier molecular flexibility index (Phi) is 5.67. The number of piperidine rings is 1. The third-order valence-corrected chi connectivity index (χ3v) is 6.94. The highest BCUT2D eigenvalue weighted by molar-refractivity contribution is 7.89. The minimum absolute atomic E-state index is 0.118. The molecule has 0 radical (unpaired) electrons. The molecule has 144 valence electrons. The minimum Gasteiger partial charge on any atom is -0.326 e. The predicted molar refractivity (Wildman–Crippen MR) is 107 cm³/mol. The summed E-state index contributed by atoms with van der Waals surface area (Å²) in [6, 6.07) is 12.8. The Morgan fingerprint density at radius 2 is 1.70 bits per heavy atom. The Bertz CT molecular complexity index is 936. The molecule has 1 aliphatic rings. The van der Waals surface area contributed by atoms with Crippen molar-refractivity contribution in [3.8, 4) is 0 Å². The molecule has 3 rings (SSSR count). The highest BCUT2D eigenvalue weighted by Crippen LogP contribution is 2.26. The van der Waals surface area contributed by atoms with Gasteiger partial charge in [-0.1, -0.05) is 29.8 Å². The average molecular weight is 387 g/mol. The molecule has 1 aliphatic heterocycles. The molecule has 2 aromatic carbocycles. The van der Waals surface area contributed by atoms with Crippen LogP contribution in [0.2, 0.25) is 0 Å². The molecule has 6 heteroatoms. The zero-order valence-electron chi connectivity index (χ0n) is 16.0. The van der Waals surface area contributed by atoms with E-state index >= 15 is 0 Å². The lowest BCUT2D eigenvalue weighted by Gasteiger charge is -2.31. The first-order chi connectivity index (χ1) is 12.8. The van der Waals surface area contributed by atoms with E-state index in [0.717, 1.165) is 22.4 Å². The number of aryl methyl sites for hydroxylation is 3. The van der Waals surface area contributed by atoms with Crippen molar-refractivity contribution in [2.75, 3.05) is 18.4 Å². The van der Waals surface area contributed by atoms with Crippen molar-refractivity contribution in [1.29, 1.82) is 0 Å². The zero-order valence-corrected chi connectivity index (χ0v) is 16.8. The maximum absolute atomic E-state index is 12.9. The van der Waals surface area contributed by atoms with Gasteiger partial charge in [-0.25, -0.2) is 8.42 Å². The van der Waals surface area contributed by atoms with Crippen molar-refractivity contribution in [1.82, 2.24) is 4.31 Å². The molecule has 27 heavy (non-hydrogen) atoms. The van der Waals surface area contributed by atoms with Crippen LogP contribution < -0.4 is 5.32 Å². The maximum Gasteiger partial charge on any atom is 0.243 e. The SMILES string of the molecule is Cc1ccc(S(=O)(=O)N2CCCC(C(=O)Nc3cc(C)ccc3C)C2)cc1. The molecule has 1 amide bonds.